The molecule has 0 atom stereocenters. The normalized spacial score (nSPS) is 10.9. The third kappa shape index (κ3) is 4.03. The number of nitriles is 1. The molecule has 0 unspecified atom stereocenters. The Bertz CT molecular complexity index is 537. The van der Waals surface area contributed by atoms with E-state index in [1.165, 1.54) is 0 Å². The summed E-state index contributed by atoms with van der Waals surface area (Å²) in [6.07, 6.45) is -5.53. The number of halogens is 4. The number of benzene rings is 1. The Morgan fingerprint density at radius 3 is 2.47 bits per heavy atom. The highest BCUT2D eigenvalue weighted by atomic mass is 35.5. The molecule has 0 aliphatic rings. The highest BCUT2D eigenvalue weighted by Crippen LogP contribution is 2.32. The molecule has 1 N–H and O–H groups in total. The van der Waals surface area contributed by atoms with Gasteiger partial charge in [0.15, 0.2) is 0 Å². The maximum atomic E-state index is 12.2. The molecular formula is C11H7ClF3NO3. The molecule has 0 saturated heterocycles. The van der Waals surface area contributed by atoms with Crippen LogP contribution in [-0.2, 0) is 17.1 Å². The molecule has 1 rings (SSSR count). The van der Waals surface area contributed by atoms with Gasteiger partial charge in [-0.3, -0.25) is 4.79 Å². The molecule has 0 spiro atoms. The van der Waals surface area contributed by atoms with Crippen LogP contribution < -0.4 is 4.74 Å². The molecule has 0 aromatic heterocycles. The summed E-state index contributed by atoms with van der Waals surface area (Å²) in [6, 6.07) is 3.71. The molecule has 0 amide bonds. The van der Waals surface area contributed by atoms with E-state index in [-0.39, 0.29) is 16.7 Å². The Morgan fingerprint density at radius 1 is 1.42 bits per heavy atom. The second-order valence-corrected chi connectivity index (χ2v) is 3.70. The Kier molecular flexibility index (Phi) is 4.62. The molecule has 0 heterocycles. The van der Waals surface area contributed by atoms with Crippen molar-refractivity contribution in [3.8, 4) is 11.8 Å². The van der Waals surface area contributed by atoms with Crippen molar-refractivity contribution in [3.63, 3.8) is 0 Å². The summed E-state index contributed by atoms with van der Waals surface area (Å²) in [5.41, 5.74) is -0.278. The van der Waals surface area contributed by atoms with Gasteiger partial charge in [-0.15, -0.1) is 24.8 Å². The minimum absolute atomic E-state index is 0.0485. The third-order valence-electron chi connectivity index (χ3n) is 2.20. The predicted octanol–water partition coefficient (Wildman–Crippen LogP) is 2.82. The Labute approximate surface area is 111 Å². The highest BCUT2D eigenvalue weighted by Gasteiger charge is 2.32. The Hall–Kier alpha value is -1.94. The summed E-state index contributed by atoms with van der Waals surface area (Å²) in [5, 5.41) is 17.5. The maximum absolute atomic E-state index is 12.2. The molecular weight excluding hydrogens is 287 g/mol. The molecule has 102 valence electrons. The Morgan fingerprint density at radius 2 is 2.05 bits per heavy atom. The fraction of sp³-hybridized carbons (Fsp3) is 0.273. The average molecular weight is 294 g/mol. The summed E-state index contributed by atoms with van der Waals surface area (Å²) < 4.78 is 40.3. The largest absolute Gasteiger partial charge is 0.573 e. The minimum Gasteiger partial charge on any atom is -0.481 e. The van der Waals surface area contributed by atoms with Crippen molar-refractivity contribution in [1.82, 2.24) is 0 Å². The molecule has 1 aromatic rings. The fourth-order valence-corrected chi connectivity index (χ4v) is 1.79. The van der Waals surface area contributed by atoms with Crippen LogP contribution in [0.1, 0.15) is 16.7 Å². The van der Waals surface area contributed by atoms with Crippen LogP contribution >= 0.6 is 11.6 Å². The van der Waals surface area contributed by atoms with E-state index in [1.54, 1.807) is 6.07 Å². The van der Waals surface area contributed by atoms with Crippen molar-refractivity contribution >= 4 is 17.6 Å². The van der Waals surface area contributed by atoms with Crippen LogP contribution in [0.5, 0.6) is 5.75 Å². The summed E-state index contributed by atoms with van der Waals surface area (Å²) in [6.45, 7) is 0. The van der Waals surface area contributed by atoms with Crippen LogP contribution in [-0.4, -0.2) is 17.4 Å². The molecule has 1 aromatic carbocycles. The molecule has 0 fully saturated rings. The molecule has 0 aliphatic carbocycles. The van der Waals surface area contributed by atoms with Crippen LogP contribution in [0.3, 0.4) is 0 Å². The van der Waals surface area contributed by atoms with Gasteiger partial charge in [-0.2, -0.15) is 5.26 Å². The second-order valence-electron chi connectivity index (χ2n) is 3.43. The van der Waals surface area contributed by atoms with E-state index in [0.29, 0.717) is 0 Å². The Balaban J connectivity index is 3.36. The predicted molar refractivity (Wildman–Crippen MR) is 58.7 cm³/mol. The first-order valence-corrected chi connectivity index (χ1v) is 5.40. The quantitative estimate of drug-likeness (QED) is 0.867. The van der Waals surface area contributed by atoms with Gasteiger partial charge in [-0.25, -0.2) is 0 Å². The standard InChI is InChI=1S/C11H7ClF3NO3/c12-4-8-7(3-10(17)18)6(5-16)1-2-9(8)19-11(13,14)15/h1-2H,3-4H2,(H,17,18). The fourth-order valence-electron chi connectivity index (χ4n) is 1.50. The van der Waals surface area contributed by atoms with E-state index < -0.39 is 30.4 Å². The molecule has 0 saturated carbocycles. The molecule has 0 aliphatic heterocycles. The topological polar surface area (TPSA) is 70.3 Å². The summed E-state index contributed by atoms with van der Waals surface area (Å²) in [5.74, 6) is -2.28. The van der Waals surface area contributed by atoms with Gasteiger partial charge in [0.1, 0.15) is 5.75 Å². The number of alkyl halides is 4. The zero-order valence-corrected chi connectivity index (χ0v) is 10.0. The zero-order valence-electron chi connectivity index (χ0n) is 9.29. The smallest absolute Gasteiger partial charge is 0.481 e. The van der Waals surface area contributed by atoms with Crippen LogP contribution in [0.15, 0.2) is 12.1 Å². The lowest BCUT2D eigenvalue weighted by Crippen LogP contribution is -2.19. The number of carbonyl (C=O) groups is 1. The molecule has 0 bridgehead atoms. The van der Waals surface area contributed by atoms with Crippen molar-refractivity contribution < 1.29 is 27.8 Å². The summed E-state index contributed by atoms with van der Waals surface area (Å²) in [7, 11) is 0. The number of aliphatic carboxylic acids is 1. The molecule has 8 heteroatoms. The van der Waals surface area contributed by atoms with Crippen LogP contribution in [0.2, 0.25) is 0 Å². The lowest BCUT2D eigenvalue weighted by Gasteiger charge is -2.15. The molecule has 4 nitrogen and oxygen atoms in total. The molecule has 19 heavy (non-hydrogen) atoms. The summed E-state index contributed by atoms with van der Waals surface area (Å²) >= 11 is 5.53. The first-order chi connectivity index (χ1) is 8.78. The van der Waals surface area contributed by atoms with Crippen LogP contribution in [0, 0.1) is 11.3 Å². The van der Waals surface area contributed by atoms with Gasteiger partial charge in [0.2, 0.25) is 0 Å². The second kappa shape index (κ2) is 5.80. The van der Waals surface area contributed by atoms with Gasteiger partial charge in [-0.05, 0) is 17.7 Å². The monoisotopic (exact) mass is 293 g/mol. The van der Waals surface area contributed by atoms with Gasteiger partial charge >= 0.3 is 12.3 Å². The number of hydrogen-bond acceptors (Lipinski definition) is 3. The number of nitrogens with zero attached hydrogens (tertiary/aromatic N) is 1. The van der Waals surface area contributed by atoms with E-state index in [9.17, 15) is 18.0 Å². The van der Waals surface area contributed by atoms with Gasteiger partial charge in [0.25, 0.3) is 0 Å². The summed E-state index contributed by atoms with van der Waals surface area (Å²) in [4.78, 5) is 10.7. The maximum Gasteiger partial charge on any atom is 0.573 e. The average Bonchev–Trinajstić information content (AvgIpc) is 2.27. The van der Waals surface area contributed by atoms with Crippen LogP contribution in [0.25, 0.3) is 0 Å². The number of carboxylic acids is 1. The number of rotatable bonds is 4. The van der Waals surface area contributed by atoms with Gasteiger partial charge in [-0.1, -0.05) is 0 Å². The van der Waals surface area contributed by atoms with E-state index in [0.717, 1.165) is 12.1 Å². The third-order valence-corrected chi connectivity index (χ3v) is 2.46. The van der Waals surface area contributed by atoms with Crippen molar-refractivity contribution in [3.05, 3.63) is 28.8 Å². The lowest BCUT2D eigenvalue weighted by molar-refractivity contribution is -0.274. The lowest BCUT2D eigenvalue weighted by atomic mass is 9.99. The van der Waals surface area contributed by atoms with E-state index in [4.69, 9.17) is 22.0 Å². The molecule has 0 radical (unpaired) electrons. The zero-order chi connectivity index (χ0) is 14.6. The van der Waals surface area contributed by atoms with Crippen molar-refractivity contribution in [2.24, 2.45) is 0 Å². The SMILES string of the molecule is N#Cc1ccc(OC(F)(F)F)c(CCl)c1CC(=O)O. The first kappa shape index (κ1) is 15.1. The van der Waals surface area contributed by atoms with Gasteiger partial charge in [0.05, 0.1) is 23.9 Å². The number of ether oxygens (including phenoxy) is 1. The number of hydrogen-bond donors (Lipinski definition) is 1. The van der Waals surface area contributed by atoms with E-state index in [2.05, 4.69) is 4.74 Å². The van der Waals surface area contributed by atoms with E-state index >= 15 is 0 Å². The van der Waals surface area contributed by atoms with Gasteiger partial charge < -0.3 is 9.84 Å². The van der Waals surface area contributed by atoms with E-state index in [1.807, 2.05) is 0 Å². The van der Waals surface area contributed by atoms with Crippen molar-refractivity contribution in [2.75, 3.05) is 0 Å². The van der Waals surface area contributed by atoms with Gasteiger partial charge in [0, 0.05) is 5.56 Å². The first-order valence-electron chi connectivity index (χ1n) is 4.87. The van der Waals surface area contributed by atoms with Crippen molar-refractivity contribution in [1.29, 1.82) is 5.26 Å². The highest BCUT2D eigenvalue weighted by molar-refractivity contribution is 6.17. The minimum atomic E-state index is -4.92. The van der Waals surface area contributed by atoms with Crippen LogP contribution in [0.4, 0.5) is 13.2 Å². The number of carboxylic acid groups (broad SMARTS) is 1. The van der Waals surface area contributed by atoms with Crippen molar-refractivity contribution in [2.45, 2.75) is 18.7 Å².